The van der Waals surface area contributed by atoms with E-state index in [2.05, 4.69) is 4.98 Å². The third-order valence-corrected chi connectivity index (χ3v) is 2.41. The molecule has 0 aliphatic rings. The van der Waals surface area contributed by atoms with Crippen molar-refractivity contribution < 1.29 is 9.52 Å². The van der Waals surface area contributed by atoms with Gasteiger partial charge in [-0.05, 0) is 24.6 Å². The van der Waals surface area contributed by atoms with Gasteiger partial charge in [0.25, 0.3) is 0 Å². The van der Waals surface area contributed by atoms with Crippen molar-refractivity contribution in [3.63, 3.8) is 0 Å². The number of nitrogens with zero attached hydrogens (tertiary/aromatic N) is 1. The molecule has 1 N–H and O–H groups in total. The van der Waals surface area contributed by atoms with Gasteiger partial charge < -0.3 is 9.52 Å². The minimum atomic E-state index is -0.905. The van der Waals surface area contributed by atoms with Crippen LogP contribution in [-0.2, 0) is 12.0 Å². The Morgan fingerprint density at radius 3 is 2.93 bits per heavy atom. The minimum Gasteiger partial charge on any atom is -0.472 e. The number of rotatable bonds is 3. The summed E-state index contributed by atoms with van der Waals surface area (Å²) in [7, 11) is 0. The molecule has 0 saturated carbocycles. The summed E-state index contributed by atoms with van der Waals surface area (Å²) in [6.07, 6.45) is 7.15. The standard InChI is InChI=1S/C12H13NO2/c1-12(14,7-10-4-6-15-9-10)11-3-2-5-13-8-11/h2-6,8-9,14H,7H2,1H3. The second kappa shape index (κ2) is 3.87. The second-order valence-corrected chi connectivity index (χ2v) is 3.82. The van der Waals surface area contributed by atoms with E-state index in [0.717, 1.165) is 11.1 Å². The molecule has 0 bridgehead atoms. The first-order chi connectivity index (χ1) is 7.18. The molecule has 0 spiro atoms. The molecule has 3 nitrogen and oxygen atoms in total. The Balaban J connectivity index is 2.20. The molecule has 0 aliphatic heterocycles. The summed E-state index contributed by atoms with van der Waals surface area (Å²) in [5, 5.41) is 10.3. The highest BCUT2D eigenvalue weighted by Crippen LogP contribution is 2.24. The van der Waals surface area contributed by atoms with Crippen molar-refractivity contribution >= 4 is 0 Å². The van der Waals surface area contributed by atoms with Crippen LogP contribution in [0.15, 0.2) is 47.5 Å². The number of hydrogen-bond donors (Lipinski definition) is 1. The minimum absolute atomic E-state index is 0.523. The smallest absolute Gasteiger partial charge is 0.0935 e. The lowest BCUT2D eigenvalue weighted by Gasteiger charge is -2.22. The maximum Gasteiger partial charge on any atom is 0.0935 e. The highest BCUT2D eigenvalue weighted by atomic mass is 16.3. The van der Waals surface area contributed by atoms with E-state index in [-0.39, 0.29) is 0 Å². The molecule has 1 atom stereocenters. The number of furan rings is 1. The molecule has 2 aromatic heterocycles. The highest BCUT2D eigenvalue weighted by molar-refractivity contribution is 5.21. The maximum atomic E-state index is 10.3. The van der Waals surface area contributed by atoms with E-state index in [4.69, 9.17) is 4.42 Å². The zero-order valence-electron chi connectivity index (χ0n) is 8.55. The Kier molecular flexibility index (Phi) is 2.56. The third-order valence-electron chi connectivity index (χ3n) is 2.41. The van der Waals surface area contributed by atoms with Crippen LogP contribution in [0.2, 0.25) is 0 Å². The van der Waals surface area contributed by atoms with Gasteiger partial charge >= 0.3 is 0 Å². The van der Waals surface area contributed by atoms with Gasteiger partial charge in [-0.25, -0.2) is 0 Å². The molecule has 0 radical (unpaired) electrons. The SMILES string of the molecule is CC(O)(Cc1ccoc1)c1cccnc1. The second-order valence-electron chi connectivity index (χ2n) is 3.82. The van der Waals surface area contributed by atoms with Crippen molar-refractivity contribution in [1.29, 1.82) is 0 Å². The van der Waals surface area contributed by atoms with Gasteiger partial charge in [-0.1, -0.05) is 6.07 Å². The molecule has 0 amide bonds. The van der Waals surface area contributed by atoms with Gasteiger partial charge in [0.05, 0.1) is 18.1 Å². The van der Waals surface area contributed by atoms with Crippen LogP contribution in [0, 0.1) is 0 Å². The van der Waals surface area contributed by atoms with Crippen molar-refractivity contribution in [2.45, 2.75) is 18.9 Å². The van der Waals surface area contributed by atoms with Gasteiger partial charge in [0, 0.05) is 24.4 Å². The fourth-order valence-electron chi connectivity index (χ4n) is 1.57. The van der Waals surface area contributed by atoms with Crippen LogP contribution >= 0.6 is 0 Å². The molecule has 2 heterocycles. The fourth-order valence-corrected chi connectivity index (χ4v) is 1.57. The number of aromatic nitrogens is 1. The molecule has 0 aromatic carbocycles. The molecule has 0 saturated heterocycles. The van der Waals surface area contributed by atoms with Crippen molar-refractivity contribution in [3.05, 3.63) is 54.2 Å². The monoisotopic (exact) mass is 203 g/mol. The summed E-state index contributed by atoms with van der Waals surface area (Å²) >= 11 is 0. The summed E-state index contributed by atoms with van der Waals surface area (Å²) < 4.78 is 4.97. The van der Waals surface area contributed by atoms with E-state index in [1.54, 1.807) is 31.8 Å². The Bertz CT molecular complexity index is 406. The van der Waals surface area contributed by atoms with E-state index >= 15 is 0 Å². The lowest BCUT2D eigenvalue weighted by atomic mass is 9.91. The largest absolute Gasteiger partial charge is 0.472 e. The predicted molar refractivity (Wildman–Crippen MR) is 56.2 cm³/mol. The van der Waals surface area contributed by atoms with Crippen LogP contribution in [0.5, 0.6) is 0 Å². The molecular weight excluding hydrogens is 190 g/mol. The first-order valence-corrected chi connectivity index (χ1v) is 4.82. The molecule has 3 heteroatoms. The molecule has 15 heavy (non-hydrogen) atoms. The molecule has 0 fully saturated rings. The van der Waals surface area contributed by atoms with Crippen LogP contribution < -0.4 is 0 Å². The lowest BCUT2D eigenvalue weighted by molar-refractivity contribution is 0.0571. The Labute approximate surface area is 88.4 Å². The van der Waals surface area contributed by atoms with Gasteiger partial charge in [-0.15, -0.1) is 0 Å². The first kappa shape index (κ1) is 9.93. The average molecular weight is 203 g/mol. The number of aliphatic hydroxyl groups is 1. The van der Waals surface area contributed by atoms with Gasteiger partial charge in [0.2, 0.25) is 0 Å². The normalized spacial score (nSPS) is 14.8. The van der Waals surface area contributed by atoms with Crippen molar-refractivity contribution in [2.24, 2.45) is 0 Å². The summed E-state index contributed by atoms with van der Waals surface area (Å²) in [6.45, 7) is 1.77. The van der Waals surface area contributed by atoms with Crippen molar-refractivity contribution in [3.8, 4) is 0 Å². The average Bonchev–Trinajstić information content (AvgIpc) is 2.71. The Morgan fingerprint density at radius 2 is 2.33 bits per heavy atom. The number of pyridine rings is 1. The van der Waals surface area contributed by atoms with Crippen LogP contribution in [-0.4, -0.2) is 10.1 Å². The Hall–Kier alpha value is -1.61. The molecule has 78 valence electrons. The molecule has 0 aliphatic carbocycles. The van der Waals surface area contributed by atoms with Gasteiger partial charge in [-0.2, -0.15) is 0 Å². The fraction of sp³-hybridized carbons (Fsp3) is 0.250. The highest BCUT2D eigenvalue weighted by Gasteiger charge is 2.23. The summed E-state index contributed by atoms with van der Waals surface area (Å²) in [5.74, 6) is 0. The van der Waals surface area contributed by atoms with E-state index in [1.807, 2.05) is 18.2 Å². The van der Waals surface area contributed by atoms with Crippen molar-refractivity contribution in [2.75, 3.05) is 0 Å². The van der Waals surface area contributed by atoms with E-state index in [0.29, 0.717) is 6.42 Å². The quantitative estimate of drug-likeness (QED) is 0.831. The molecule has 1 unspecified atom stereocenters. The van der Waals surface area contributed by atoms with Gasteiger partial charge in [0.15, 0.2) is 0 Å². The zero-order valence-corrected chi connectivity index (χ0v) is 8.55. The zero-order chi connectivity index (χ0) is 10.7. The predicted octanol–water partition coefficient (Wildman–Crippen LogP) is 2.12. The van der Waals surface area contributed by atoms with Crippen LogP contribution in [0.3, 0.4) is 0 Å². The van der Waals surface area contributed by atoms with Crippen LogP contribution in [0.25, 0.3) is 0 Å². The summed E-state index contributed by atoms with van der Waals surface area (Å²) in [6, 6.07) is 5.54. The third kappa shape index (κ3) is 2.25. The van der Waals surface area contributed by atoms with Gasteiger partial charge in [0.1, 0.15) is 0 Å². The van der Waals surface area contributed by atoms with Crippen LogP contribution in [0.4, 0.5) is 0 Å². The lowest BCUT2D eigenvalue weighted by Crippen LogP contribution is -2.24. The van der Waals surface area contributed by atoms with E-state index in [9.17, 15) is 5.11 Å². The number of hydrogen-bond acceptors (Lipinski definition) is 3. The van der Waals surface area contributed by atoms with E-state index in [1.165, 1.54) is 0 Å². The molecular formula is C12H13NO2. The van der Waals surface area contributed by atoms with Crippen molar-refractivity contribution in [1.82, 2.24) is 4.98 Å². The first-order valence-electron chi connectivity index (χ1n) is 4.82. The summed E-state index contributed by atoms with van der Waals surface area (Å²) in [5.41, 5.74) is 0.882. The molecule has 2 rings (SSSR count). The van der Waals surface area contributed by atoms with Gasteiger partial charge in [-0.3, -0.25) is 4.98 Å². The van der Waals surface area contributed by atoms with E-state index < -0.39 is 5.60 Å². The Morgan fingerprint density at radius 1 is 1.47 bits per heavy atom. The molecule has 2 aromatic rings. The van der Waals surface area contributed by atoms with Crippen LogP contribution in [0.1, 0.15) is 18.1 Å². The summed E-state index contributed by atoms with van der Waals surface area (Å²) in [4.78, 5) is 4.00. The topological polar surface area (TPSA) is 46.3 Å². The maximum absolute atomic E-state index is 10.3.